The maximum Gasteiger partial charge on any atom is 0.264 e. The quantitative estimate of drug-likeness (QED) is 0.548. The van der Waals surface area contributed by atoms with Crippen molar-refractivity contribution in [1.29, 1.82) is 0 Å². The van der Waals surface area contributed by atoms with E-state index >= 15 is 0 Å². The molecule has 0 aliphatic heterocycles. The third kappa shape index (κ3) is 2.70. The van der Waals surface area contributed by atoms with Crippen molar-refractivity contribution in [3.05, 3.63) is 31.1 Å². The highest BCUT2D eigenvalue weighted by Gasteiger charge is 2.14. The minimum atomic E-state index is 0.344. The van der Waals surface area contributed by atoms with Crippen LogP contribution in [0.5, 0.6) is 0 Å². The molecule has 0 fully saturated rings. The Kier molecular flexibility index (Phi) is 3.63. The minimum absolute atomic E-state index is 0.344. The Hall–Kier alpha value is -3.27. The summed E-state index contributed by atoms with van der Waals surface area (Å²) in [7, 11) is 1.66. The zero-order valence-corrected chi connectivity index (χ0v) is 12.8. The molecule has 0 aliphatic rings. The number of ether oxygens (including phenoxy) is 1. The molecule has 4 aromatic heterocycles. The maximum atomic E-state index is 5.27. The predicted molar refractivity (Wildman–Crippen MR) is 84.6 cm³/mol. The van der Waals surface area contributed by atoms with Gasteiger partial charge in [-0.1, -0.05) is 0 Å². The number of rotatable bonds is 6. The second-order valence-corrected chi connectivity index (χ2v) is 4.97. The summed E-state index contributed by atoms with van der Waals surface area (Å²) in [5.41, 5.74) is 2.14. The van der Waals surface area contributed by atoms with E-state index in [1.54, 1.807) is 30.4 Å². The lowest BCUT2D eigenvalue weighted by Crippen LogP contribution is -2.04. The van der Waals surface area contributed by atoms with Crippen LogP contribution in [-0.4, -0.2) is 48.6 Å². The molecule has 0 bridgehead atoms. The van der Waals surface area contributed by atoms with Crippen LogP contribution < -0.4 is 5.32 Å². The third-order valence-electron chi connectivity index (χ3n) is 3.34. The summed E-state index contributed by atoms with van der Waals surface area (Å²) < 4.78 is 12.1. The number of nitrogens with zero attached hydrogens (tertiary/aromatic N) is 6. The molecule has 4 heterocycles. The highest BCUT2D eigenvalue weighted by molar-refractivity contribution is 5.87. The molecule has 24 heavy (non-hydrogen) atoms. The molecule has 2 N–H and O–H groups in total. The van der Waals surface area contributed by atoms with Gasteiger partial charge in [0.25, 0.3) is 5.89 Å². The van der Waals surface area contributed by atoms with Crippen molar-refractivity contribution in [2.75, 3.05) is 19.0 Å². The summed E-state index contributed by atoms with van der Waals surface area (Å²) in [6, 6.07) is 0. The Morgan fingerprint density at radius 2 is 2.29 bits per heavy atom. The molecule has 0 saturated heterocycles. The number of H-pyrrole nitrogens is 1. The molecule has 0 saturated carbocycles. The van der Waals surface area contributed by atoms with Crippen LogP contribution in [0.25, 0.3) is 22.7 Å². The van der Waals surface area contributed by atoms with E-state index < -0.39 is 0 Å². The van der Waals surface area contributed by atoms with Crippen LogP contribution in [0.4, 0.5) is 11.5 Å². The SMILES string of the molecule is COCCn1cc(Nc2nc(-c3ncco3)nc3cn[nH]c23)cn1. The highest BCUT2D eigenvalue weighted by atomic mass is 16.5. The lowest BCUT2D eigenvalue weighted by atomic mass is 10.4. The molecule has 0 spiro atoms. The van der Waals surface area contributed by atoms with Crippen LogP contribution in [0.2, 0.25) is 0 Å². The number of fused-ring (bicyclic) bond motifs is 1. The smallest absolute Gasteiger partial charge is 0.264 e. The van der Waals surface area contributed by atoms with Crippen LogP contribution >= 0.6 is 0 Å². The molecule has 0 unspecified atom stereocenters. The molecule has 0 amide bonds. The first-order chi connectivity index (χ1) is 11.8. The van der Waals surface area contributed by atoms with Gasteiger partial charge in [0.15, 0.2) is 5.82 Å². The van der Waals surface area contributed by atoms with E-state index in [1.807, 2.05) is 6.20 Å². The van der Waals surface area contributed by atoms with Gasteiger partial charge in [-0.05, 0) is 0 Å². The number of anilines is 2. The number of hydrogen-bond acceptors (Lipinski definition) is 8. The van der Waals surface area contributed by atoms with Gasteiger partial charge >= 0.3 is 0 Å². The van der Waals surface area contributed by atoms with E-state index in [0.29, 0.717) is 41.7 Å². The van der Waals surface area contributed by atoms with Crippen molar-refractivity contribution >= 4 is 22.5 Å². The average molecular weight is 326 g/mol. The van der Waals surface area contributed by atoms with E-state index in [4.69, 9.17) is 9.15 Å². The van der Waals surface area contributed by atoms with Crippen molar-refractivity contribution in [2.24, 2.45) is 0 Å². The molecule has 0 atom stereocenters. The Balaban J connectivity index is 1.68. The van der Waals surface area contributed by atoms with E-state index in [-0.39, 0.29) is 0 Å². The van der Waals surface area contributed by atoms with Gasteiger partial charge in [-0.15, -0.1) is 0 Å². The largest absolute Gasteiger partial charge is 0.442 e. The Bertz CT molecular complexity index is 943. The van der Waals surface area contributed by atoms with Gasteiger partial charge in [0, 0.05) is 13.3 Å². The molecule has 4 aromatic rings. The summed E-state index contributed by atoms with van der Waals surface area (Å²) in [4.78, 5) is 12.9. The van der Waals surface area contributed by atoms with Gasteiger partial charge in [-0.3, -0.25) is 9.78 Å². The molecule has 0 aromatic carbocycles. The summed E-state index contributed by atoms with van der Waals surface area (Å²) in [5.74, 6) is 1.29. The highest BCUT2D eigenvalue weighted by Crippen LogP contribution is 2.24. The van der Waals surface area contributed by atoms with Gasteiger partial charge < -0.3 is 14.5 Å². The molecular formula is C14H14N8O2. The lowest BCUT2D eigenvalue weighted by Gasteiger charge is -2.05. The Morgan fingerprint density at radius 3 is 3.12 bits per heavy atom. The molecular weight excluding hydrogens is 312 g/mol. The van der Waals surface area contributed by atoms with Crippen LogP contribution in [0.1, 0.15) is 0 Å². The van der Waals surface area contributed by atoms with Crippen LogP contribution in [0.3, 0.4) is 0 Å². The fourth-order valence-corrected chi connectivity index (χ4v) is 2.23. The van der Waals surface area contributed by atoms with Crippen LogP contribution in [0.15, 0.2) is 35.5 Å². The standard InChI is InChI=1S/C14H14N8O2/c1-23-5-3-22-8-9(6-17-22)18-12-11-10(7-16-21-11)19-13(20-12)14-15-2-4-24-14/h2,4,6-8H,3,5H2,1H3,(H,16,21)(H,18,19,20). The van der Waals surface area contributed by atoms with E-state index in [0.717, 1.165) is 5.69 Å². The van der Waals surface area contributed by atoms with Crippen molar-refractivity contribution < 1.29 is 9.15 Å². The molecule has 10 nitrogen and oxygen atoms in total. The second-order valence-electron chi connectivity index (χ2n) is 4.97. The van der Waals surface area contributed by atoms with E-state index in [9.17, 15) is 0 Å². The normalized spacial score (nSPS) is 11.2. The topological polar surface area (TPSA) is 120 Å². The number of oxazole rings is 1. The molecule has 122 valence electrons. The second kappa shape index (κ2) is 6.08. The number of hydrogen-bond donors (Lipinski definition) is 2. The van der Waals surface area contributed by atoms with Crippen molar-refractivity contribution in [2.45, 2.75) is 6.54 Å². The predicted octanol–water partition coefficient (Wildman–Crippen LogP) is 1.59. The van der Waals surface area contributed by atoms with Crippen molar-refractivity contribution in [3.8, 4) is 11.7 Å². The fraction of sp³-hybridized carbons (Fsp3) is 0.214. The summed E-state index contributed by atoms with van der Waals surface area (Å²) in [5, 5.41) is 14.4. The number of nitrogens with one attached hydrogen (secondary N) is 2. The van der Waals surface area contributed by atoms with Crippen molar-refractivity contribution in [1.82, 2.24) is 34.9 Å². The summed E-state index contributed by atoms with van der Waals surface area (Å²) >= 11 is 0. The zero-order valence-electron chi connectivity index (χ0n) is 12.8. The number of aromatic amines is 1. The Morgan fingerprint density at radius 1 is 1.33 bits per heavy atom. The van der Waals surface area contributed by atoms with Crippen molar-refractivity contribution in [3.63, 3.8) is 0 Å². The fourth-order valence-electron chi connectivity index (χ4n) is 2.23. The molecule has 0 aliphatic carbocycles. The first-order valence-electron chi connectivity index (χ1n) is 7.23. The first-order valence-corrected chi connectivity index (χ1v) is 7.23. The Labute approximate surface area is 135 Å². The molecule has 10 heteroatoms. The van der Waals surface area contributed by atoms with Crippen LogP contribution in [-0.2, 0) is 11.3 Å². The van der Waals surface area contributed by atoms with Gasteiger partial charge in [0.1, 0.15) is 17.3 Å². The lowest BCUT2D eigenvalue weighted by molar-refractivity contribution is 0.183. The van der Waals surface area contributed by atoms with Gasteiger partial charge in [-0.25, -0.2) is 15.0 Å². The number of aromatic nitrogens is 7. The third-order valence-corrected chi connectivity index (χ3v) is 3.34. The maximum absolute atomic E-state index is 5.27. The van der Waals surface area contributed by atoms with Gasteiger partial charge in [0.2, 0.25) is 5.82 Å². The van der Waals surface area contributed by atoms with E-state index in [2.05, 4.69) is 35.6 Å². The summed E-state index contributed by atoms with van der Waals surface area (Å²) in [6.07, 6.45) is 8.23. The minimum Gasteiger partial charge on any atom is -0.442 e. The van der Waals surface area contributed by atoms with Gasteiger partial charge in [0.05, 0.1) is 37.4 Å². The molecule has 4 rings (SSSR count). The van der Waals surface area contributed by atoms with Gasteiger partial charge in [-0.2, -0.15) is 10.2 Å². The zero-order chi connectivity index (χ0) is 16.4. The monoisotopic (exact) mass is 326 g/mol. The summed E-state index contributed by atoms with van der Waals surface area (Å²) in [6.45, 7) is 1.26. The van der Waals surface area contributed by atoms with E-state index in [1.165, 1.54) is 6.26 Å². The average Bonchev–Trinajstić information content (AvgIpc) is 3.33. The van der Waals surface area contributed by atoms with Crippen LogP contribution in [0, 0.1) is 0 Å². The first kappa shape index (κ1) is 14.3. The molecule has 0 radical (unpaired) electrons. The number of methoxy groups -OCH3 is 1.